The summed E-state index contributed by atoms with van der Waals surface area (Å²) in [7, 11) is -4.03. The van der Waals surface area contributed by atoms with Crippen molar-refractivity contribution in [2.24, 2.45) is 0 Å². The lowest BCUT2D eigenvalue weighted by Crippen LogP contribution is -2.51. The number of thiophene rings is 1. The zero-order chi connectivity index (χ0) is 21.8. The molecular weight excluding hydrogens is 439 g/mol. The van der Waals surface area contributed by atoms with Gasteiger partial charge < -0.3 is 5.32 Å². The number of piperazine rings is 1. The van der Waals surface area contributed by atoms with Crippen molar-refractivity contribution >= 4 is 27.3 Å². The van der Waals surface area contributed by atoms with Crippen LogP contribution in [0.25, 0.3) is 0 Å². The third-order valence-corrected chi connectivity index (χ3v) is 7.60. The van der Waals surface area contributed by atoms with Gasteiger partial charge in [0, 0.05) is 37.6 Å². The highest BCUT2D eigenvalue weighted by atomic mass is 32.2. The van der Waals surface area contributed by atoms with E-state index in [1.807, 2.05) is 22.4 Å². The Morgan fingerprint density at radius 3 is 2.47 bits per heavy atom. The molecule has 2 aromatic rings. The first-order valence-electron chi connectivity index (χ1n) is 9.35. The molecule has 0 spiro atoms. The van der Waals surface area contributed by atoms with E-state index in [9.17, 15) is 26.4 Å². The van der Waals surface area contributed by atoms with Gasteiger partial charge in [0.2, 0.25) is 15.9 Å². The van der Waals surface area contributed by atoms with Crippen molar-refractivity contribution in [3.05, 3.63) is 52.2 Å². The average Bonchev–Trinajstić information content (AvgIpc) is 3.21. The first-order chi connectivity index (χ1) is 14.2. The standard InChI is InChI=1S/C19H22F3N3O3S2/c20-19(21,22)15-3-1-5-17(13-15)30(27,28)25-10-8-24(9-11-25)14-18(26)23-7-6-16-4-2-12-29-16/h1-5,12-13H,6-11,14H2,(H,23,26). The first kappa shape index (κ1) is 22.7. The molecule has 0 atom stereocenters. The Labute approximate surface area is 177 Å². The van der Waals surface area contributed by atoms with Crippen LogP contribution in [0, 0.1) is 0 Å². The molecule has 1 fully saturated rings. The van der Waals surface area contributed by atoms with Crippen molar-refractivity contribution in [1.29, 1.82) is 0 Å². The summed E-state index contributed by atoms with van der Waals surface area (Å²) in [6.45, 7) is 1.57. The fourth-order valence-electron chi connectivity index (χ4n) is 3.15. The minimum atomic E-state index is -4.61. The van der Waals surface area contributed by atoms with Gasteiger partial charge in [0.15, 0.2) is 0 Å². The van der Waals surface area contributed by atoms with Gasteiger partial charge in [0.1, 0.15) is 0 Å². The number of alkyl halides is 3. The highest BCUT2D eigenvalue weighted by Gasteiger charge is 2.34. The predicted octanol–water partition coefficient (Wildman–Crippen LogP) is 2.43. The summed E-state index contributed by atoms with van der Waals surface area (Å²) >= 11 is 1.63. The van der Waals surface area contributed by atoms with Crippen molar-refractivity contribution in [2.75, 3.05) is 39.3 Å². The molecule has 1 saturated heterocycles. The summed E-state index contributed by atoms with van der Waals surface area (Å²) in [4.78, 5) is 14.7. The van der Waals surface area contributed by atoms with Gasteiger partial charge >= 0.3 is 6.18 Å². The summed E-state index contributed by atoms with van der Waals surface area (Å²) in [5, 5.41) is 4.82. The number of carbonyl (C=O) groups excluding carboxylic acids is 1. The second-order valence-corrected chi connectivity index (χ2v) is 9.86. The molecule has 164 valence electrons. The smallest absolute Gasteiger partial charge is 0.355 e. The molecule has 0 unspecified atom stereocenters. The van der Waals surface area contributed by atoms with Crippen LogP contribution in [-0.4, -0.2) is 62.8 Å². The Bertz CT molecular complexity index is 955. The highest BCUT2D eigenvalue weighted by molar-refractivity contribution is 7.89. The van der Waals surface area contributed by atoms with Gasteiger partial charge in [-0.3, -0.25) is 9.69 Å². The van der Waals surface area contributed by atoms with Gasteiger partial charge in [-0.1, -0.05) is 12.1 Å². The zero-order valence-electron chi connectivity index (χ0n) is 16.1. The van der Waals surface area contributed by atoms with Gasteiger partial charge in [-0.05, 0) is 36.1 Å². The lowest BCUT2D eigenvalue weighted by atomic mass is 10.2. The second kappa shape index (κ2) is 9.46. The lowest BCUT2D eigenvalue weighted by molar-refractivity contribution is -0.137. The van der Waals surface area contributed by atoms with Gasteiger partial charge in [-0.25, -0.2) is 8.42 Å². The van der Waals surface area contributed by atoms with Crippen LogP contribution < -0.4 is 5.32 Å². The first-order valence-corrected chi connectivity index (χ1v) is 11.7. The Morgan fingerprint density at radius 2 is 1.83 bits per heavy atom. The van der Waals surface area contributed by atoms with Crippen molar-refractivity contribution < 1.29 is 26.4 Å². The van der Waals surface area contributed by atoms with Crippen LogP contribution in [0.4, 0.5) is 13.2 Å². The number of hydrogen-bond acceptors (Lipinski definition) is 5. The van der Waals surface area contributed by atoms with Crippen LogP contribution >= 0.6 is 11.3 Å². The molecular formula is C19H22F3N3O3S2. The van der Waals surface area contributed by atoms with Crippen LogP contribution in [0.5, 0.6) is 0 Å². The molecule has 30 heavy (non-hydrogen) atoms. The highest BCUT2D eigenvalue weighted by Crippen LogP contribution is 2.31. The van der Waals surface area contributed by atoms with Gasteiger partial charge in [-0.2, -0.15) is 17.5 Å². The number of amides is 1. The van der Waals surface area contributed by atoms with E-state index in [0.717, 1.165) is 28.9 Å². The molecule has 11 heteroatoms. The number of halogens is 3. The number of nitrogens with one attached hydrogen (secondary N) is 1. The zero-order valence-corrected chi connectivity index (χ0v) is 17.7. The molecule has 1 aliphatic rings. The molecule has 1 aromatic carbocycles. The maximum absolute atomic E-state index is 12.9. The summed E-state index contributed by atoms with van der Waals surface area (Å²) < 4.78 is 65.2. The van der Waals surface area contributed by atoms with E-state index in [1.165, 1.54) is 4.88 Å². The minimum absolute atomic E-state index is 0.112. The van der Waals surface area contributed by atoms with Crippen LogP contribution in [0.15, 0.2) is 46.7 Å². The Balaban J connectivity index is 1.50. The molecule has 0 bridgehead atoms. The Morgan fingerprint density at radius 1 is 1.10 bits per heavy atom. The van der Waals surface area contributed by atoms with Crippen LogP contribution in [0.3, 0.4) is 0 Å². The normalized spacial score (nSPS) is 16.5. The number of carbonyl (C=O) groups is 1. The Hall–Kier alpha value is -1.95. The molecule has 1 aliphatic heterocycles. The average molecular weight is 462 g/mol. The van der Waals surface area contributed by atoms with E-state index in [-0.39, 0.29) is 30.4 Å². The van der Waals surface area contributed by atoms with E-state index in [0.29, 0.717) is 25.7 Å². The summed E-state index contributed by atoms with van der Waals surface area (Å²) in [5.74, 6) is -0.138. The van der Waals surface area contributed by atoms with E-state index in [2.05, 4.69) is 5.32 Å². The number of benzene rings is 1. The van der Waals surface area contributed by atoms with Crippen molar-refractivity contribution in [1.82, 2.24) is 14.5 Å². The topological polar surface area (TPSA) is 69.7 Å². The van der Waals surface area contributed by atoms with Gasteiger partial charge in [-0.15, -0.1) is 11.3 Å². The van der Waals surface area contributed by atoms with E-state index >= 15 is 0 Å². The quantitative estimate of drug-likeness (QED) is 0.688. The van der Waals surface area contributed by atoms with Crippen LogP contribution in [0.1, 0.15) is 10.4 Å². The lowest BCUT2D eigenvalue weighted by Gasteiger charge is -2.33. The molecule has 0 aliphatic carbocycles. The van der Waals surface area contributed by atoms with Crippen LogP contribution in [-0.2, 0) is 27.4 Å². The predicted molar refractivity (Wildman–Crippen MR) is 108 cm³/mol. The molecule has 1 aromatic heterocycles. The van der Waals surface area contributed by atoms with Crippen molar-refractivity contribution in [3.63, 3.8) is 0 Å². The summed E-state index contributed by atoms with van der Waals surface area (Å²) in [6, 6.07) is 7.71. The number of hydrogen-bond donors (Lipinski definition) is 1. The summed E-state index contributed by atoms with van der Waals surface area (Å²) in [5.41, 5.74) is -0.999. The number of rotatable bonds is 7. The van der Waals surface area contributed by atoms with Gasteiger partial charge in [0.25, 0.3) is 0 Å². The Kier molecular flexibility index (Phi) is 7.17. The largest absolute Gasteiger partial charge is 0.416 e. The fraction of sp³-hybridized carbons (Fsp3) is 0.421. The van der Waals surface area contributed by atoms with Crippen molar-refractivity contribution in [2.45, 2.75) is 17.5 Å². The second-order valence-electron chi connectivity index (χ2n) is 6.89. The minimum Gasteiger partial charge on any atom is -0.355 e. The van der Waals surface area contributed by atoms with E-state index < -0.39 is 21.8 Å². The number of sulfonamides is 1. The van der Waals surface area contributed by atoms with Gasteiger partial charge in [0.05, 0.1) is 17.0 Å². The molecule has 0 radical (unpaired) electrons. The maximum Gasteiger partial charge on any atom is 0.416 e. The molecule has 2 heterocycles. The fourth-order valence-corrected chi connectivity index (χ4v) is 5.33. The van der Waals surface area contributed by atoms with E-state index in [1.54, 1.807) is 11.3 Å². The molecule has 6 nitrogen and oxygen atoms in total. The third-order valence-electron chi connectivity index (χ3n) is 4.77. The number of nitrogens with zero attached hydrogens (tertiary/aromatic N) is 2. The van der Waals surface area contributed by atoms with Crippen LogP contribution in [0.2, 0.25) is 0 Å². The third kappa shape index (κ3) is 5.81. The molecule has 1 N–H and O–H groups in total. The summed E-state index contributed by atoms with van der Waals surface area (Å²) in [6.07, 6.45) is -3.85. The van der Waals surface area contributed by atoms with Crippen molar-refractivity contribution in [3.8, 4) is 0 Å². The maximum atomic E-state index is 12.9. The van der Waals surface area contributed by atoms with E-state index in [4.69, 9.17) is 0 Å². The molecule has 3 rings (SSSR count). The monoisotopic (exact) mass is 461 g/mol. The molecule has 0 saturated carbocycles. The molecule has 1 amide bonds. The SMILES string of the molecule is O=C(CN1CCN(S(=O)(=O)c2cccc(C(F)(F)F)c2)CC1)NCCc1cccs1.